The van der Waals surface area contributed by atoms with E-state index in [0.29, 0.717) is 80.1 Å². The van der Waals surface area contributed by atoms with Gasteiger partial charge >= 0.3 is 18.3 Å². The molecule has 5 unspecified atom stereocenters. The first-order valence-electron chi connectivity index (χ1n) is 25.9. The number of aliphatic hydroxyl groups excluding tert-OH is 3. The van der Waals surface area contributed by atoms with Gasteiger partial charge in [-0.3, -0.25) is 14.8 Å². The van der Waals surface area contributed by atoms with Crippen molar-refractivity contribution in [3.05, 3.63) is 142 Å². The molecule has 0 aliphatic carbocycles. The Balaban J connectivity index is 0.000000194. The number of ether oxygens (including phenoxy) is 6. The number of alkyl halides is 6. The number of halogens is 6. The van der Waals surface area contributed by atoms with E-state index in [9.17, 15) is 51.3 Å². The number of pyridine rings is 4. The van der Waals surface area contributed by atoms with Crippen molar-refractivity contribution in [2.45, 2.75) is 88.6 Å². The summed E-state index contributed by atoms with van der Waals surface area (Å²) in [4.78, 5) is 38.5. The molecule has 7 N–H and O–H groups in total. The third-order valence-electron chi connectivity index (χ3n) is 13.2. The Morgan fingerprint density at radius 1 is 0.667 bits per heavy atom. The molecule has 0 spiro atoms. The number of carboxylic acid groups (broad SMARTS) is 1. The summed E-state index contributed by atoms with van der Waals surface area (Å²) < 4.78 is 109. The van der Waals surface area contributed by atoms with Crippen LogP contribution in [0.15, 0.2) is 97.3 Å². The molecule has 0 bridgehead atoms. The highest BCUT2D eigenvalue weighted by molar-refractivity contribution is 6.04. The lowest BCUT2D eigenvalue weighted by atomic mass is 9.91. The van der Waals surface area contributed by atoms with Crippen molar-refractivity contribution in [3.8, 4) is 34.0 Å². The van der Waals surface area contributed by atoms with Gasteiger partial charge in [0.25, 0.3) is 5.91 Å². The van der Waals surface area contributed by atoms with E-state index in [-0.39, 0.29) is 49.4 Å². The molecule has 24 heteroatoms. The fourth-order valence-corrected chi connectivity index (χ4v) is 8.95. The highest BCUT2D eigenvalue weighted by Gasteiger charge is 2.34. The van der Waals surface area contributed by atoms with E-state index in [1.807, 2.05) is 43.3 Å². The number of hydrogen-bond donors (Lipinski definition) is 6. The second-order valence-corrected chi connectivity index (χ2v) is 19.1. The van der Waals surface area contributed by atoms with Crippen molar-refractivity contribution in [1.82, 2.24) is 19.9 Å². The Morgan fingerprint density at radius 3 is 1.74 bits per heavy atom. The minimum atomic E-state index is -4.67. The monoisotopic (exact) mass is 1140 g/mol. The molecule has 2 aromatic carbocycles. The predicted octanol–water partition coefficient (Wildman–Crippen LogP) is 9.18. The summed E-state index contributed by atoms with van der Waals surface area (Å²) in [6.45, 7) is 6.92. The van der Waals surface area contributed by atoms with Gasteiger partial charge < -0.3 is 59.9 Å². The van der Waals surface area contributed by atoms with Crippen LogP contribution in [0.1, 0.15) is 98.6 Å². The maximum atomic E-state index is 13.0. The van der Waals surface area contributed by atoms with Crippen molar-refractivity contribution in [1.29, 1.82) is 0 Å². The summed E-state index contributed by atoms with van der Waals surface area (Å²) >= 11 is 0. The highest BCUT2D eigenvalue weighted by Crippen LogP contribution is 2.37. The minimum Gasteiger partial charge on any atom is -0.478 e. The van der Waals surface area contributed by atoms with Crippen LogP contribution in [0.2, 0.25) is 0 Å². The lowest BCUT2D eigenvalue weighted by Crippen LogP contribution is -2.31. The number of benzene rings is 2. The van der Waals surface area contributed by atoms with Crippen LogP contribution in [0.25, 0.3) is 22.3 Å². The maximum absolute atomic E-state index is 13.0. The van der Waals surface area contributed by atoms with Gasteiger partial charge in [0.15, 0.2) is 6.29 Å². The molecule has 1 amide bonds. The molecular formula is C57H62F6N6O12. The van der Waals surface area contributed by atoms with E-state index in [1.165, 1.54) is 6.07 Å². The van der Waals surface area contributed by atoms with E-state index in [2.05, 4.69) is 27.2 Å². The lowest BCUT2D eigenvalue weighted by molar-refractivity contribution is -0.165. The fraction of sp³-hybridized carbons (Fsp3) is 0.404. The van der Waals surface area contributed by atoms with Crippen molar-refractivity contribution in [2.24, 2.45) is 0 Å². The topological polar surface area (TPSA) is 260 Å². The third kappa shape index (κ3) is 17.6. The van der Waals surface area contributed by atoms with Crippen LogP contribution in [0, 0.1) is 13.8 Å². The van der Waals surface area contributed by atoms with E-state index < -0.39 is 53.4 Å². The average molecular weight is 1140 g/mol. The number of carboxylic acids is 1. The van der Waals surface area contributed by atoms with Crippen LogP contribution in [-0.2, 0) is 31.3 Å². The number of carbonyl (C=O) groups is 2. The Hall–Kier alpha value is -7.32. The standard InChI is InChI=1S/C26H26F3N3O5.C24H32N2O5.C7H4F3NO2/c1-15-2-3-18(31-25(35)16-4-6-30-23(11-16)26(27,28)29)13-20(15)17-10-21(19-5-8-36-14-22(19)34)32-24(12-17)37-9-7-33;1-16-5-6-18(25)14-20(16)17-12-21(19-7-9-28-15-22(19)27)26-23(13-17)29-10-11-31-24-4-2-3-8-30-24;8-7(9,10)5-3-4(6(12)13)1-2-11-5/h2-4,6,10-13,19,22,33-34H,5,7-9,14H2,1H3,(H,31,35);5-6,12-14,19,22,24,27H,2-4,7-11,15,25H2,1H3;1-3H,(H,12,13). The smallest absolute Gasteiger partial charge is 0.433 e. The Kier molecular flexibility index (Phi) is 21.5. The molecule has 3 aliphatic heterocycles. The number of aromatic carboxylic acids is 1. The number of aliphatic hydroxyl groups is 3. The zero-order valence-corrected chi connectivity index (χ0v) is 44.2. The number of rotatable bonds is 15. The van der Waals surface area contributed by atoms with Crippen LogP contribution in [0.5, 0.6) is 11.8 Å². The molecule has 3 saturated heterocycles. The zero-order valence-electron chi connectivity index (χ0n) is 44.2. The summed E-state index contributed by atoms with van der Waals surface area (Å²) in [6, 6.07) is 21.9. The first kappa shape index (κ1) is 61.3. The third-order valence-corrected chi connectivity index (χ3v) is 13.2. The van der Waals surface area contributed by atoms with Crippen molar-refractivity contribution in [3.63, 3.8) is 0 Å². The molecular weight excluding hydrogens is 1070 g/mol. The molecule has 3 fully saturated rings. The van der Waals surface area contributed by atoms with Gasteiger partial charge in [0.1, 0.15) is 24.6 Å². The Labute approximate surface area is 462 Å². The summed E-state index contributed by atoms with van der Waals surface area (Å²) in [5.74, 6) is -1.71. The Bertz CT molecular complexity index is 3070. The molecule has 5 atom stereocenters. The Morgan fingerprint density at radius 2 is 1.21 bits per heavy atom. The molecule has 0 saturated carbocycles. The zero-order chi connectivity index (χ0) is 58.3. The van der Waals surface area contributed by atoms with Gasteiger partial charge in [-0.15, -0.1) is 0 Å². The number of nitrogens with zero attached hydrogens (tertiary/aromatic N) is 4. The predicted molar refractivity (Wildman–Crippen MR) is 283 cm³/mol. The van der Waals surface area contributed by atoms with Gasteiger partial charge in [-0.2, -0.15) is 26.3 Å². The summed E-state index contributed by atoms with van der Waals surface area (Å²) in [7, 11) is 0. The van der Waals surface area contributed by atoms with Crippen molar-refractivity contribution in [2.75, 3.05) is 70.5 Å². The number of nitrogens with two attached hydrogens (primary N) is 1. The quantitative estimate of drug-likeness (QED) is 0.0318. The second kappa shape index (κ2) is 28.4. The van der Waals surface area contributed by atoms with Gasteiger partial charge in [0.05, 0.1) is 55.6 Å². The molecule has 81 heavy (non-hydrogen) atoms. The molecule has 18 nitrogen and oxygen atoms in total. The van der Waals surface area contributed by atoms with E-state index in [1.54, 1.807) is 24.3 Å². The molecule has 4 aromatic heterocycles. The van der Waals surface area contributed by atoms with Gasteiger partial charge in [0.2, 0.25) is 11.8 Å². The van der Waals surface area contributed by atoms with E-state index in [0.717, 1.165) is 84.3 Å². The normalized spacial score (nSPS) is 19.2. The molecule has 7 heterocycles. The first-order valence-corrected chi connectivity index (χ1v) is 25.9. The molecule has 3 aliphatic rings. The van der Waals surface area contributed by atoms with Crippen LogP contribution >= 0.6 is 0 Å². The van der Waals surface area contributed by atoms with Gasteiger partial charge in [0, 0.05) is 73.1 Å². The fourth-order valence-electron chi connectivity index (χ4n) is 8.95. The first-order chi connectivity index (χ1) is 38.7. The number of nitrogen functional groups attached to an aromatic ring is 1. The molecule has 0 radical (unpaired) electrons. The lowest BCUT2D eigenvalue weighted by Gasteiger charge is -2.28. The van der Waals surface area contributed by atoms with Crippen LogP contribution in [-0.4, -0.2) is 130 Å². The highest BCUT2D eigenvalue weighted by atomic mass is 19.4. The van der Waals surface area contributed by atoms with Crippen molar-refractivity contribution >= 4 is 23.3 Å². The maximum Gasteiger partial charge on any atom is 0.433 e. The number of carbonyl (C=O) groups excluding carboxylic acids is 1. The van der Waals surface area contributed by atoms with Crippen LogP contribution in [0.4, 0.5) is 37.7 Å². The summed E-state index contributed by atoms with van der Waals surface area (Å²) in [6.07, 6.45) is -4.55. The minimum absolute atomic E-state index is 0.0349. The number of nitrogens with one attached hydrogen (secondary N) is 1. The van der Waals surface area contributed by atoms with Gasteiger partial charge in [-0.25, -0.2) is 14.8 Å². The van der Waals surface area contributed by atoms with E-state index >= 15 is 0 Å². The SMILES string of the molecule is Cc1ccc(N)cc1-c1cc(OCCOC2CCCCO2)nc(C2CCOCC2O)c1.Cc1ccc(NC(=O)c2ccnc(C(F)(F)F)c2)cc1-c1cc(OCCO)nc(C2CCOCC2O)c1.O=C(O)c1ccnc(C(F)(F)F)c1. The largest absolute Gasteiger partial charge is 0.478 e. The van der Waals surface area contributed by atoms with Crippen molar-refractivity contribution < 1.29 is 84.8 Å². The second-order valence-electron chi connectivity index (χ2n) is 19.1. The number of aryl methyl sites for hydroxylation is 2. The van der Waals surface area contributed by atoms with Crippen LogP contribution < -0.4 is 20.5 Å². The molecule has 6 aromatic rings. The van der Waals surface area contributed by atoms with Gasteiger partial charge in [-0.1, -0.05) is 12.1 Å². The van der Waals surface area contributed by atoms with Gasteiger partial charge in [-0.05, 0) is 140 Å². The summed E-state index contributed by atoms with van der Waals surface area (Å²) in [5, 5.41) is 41.1. The number of anilines is 2. The van der Waals surface area contributed by atoms with Crippen LogP contribution in [0.3, 0.4) is 0 Å². The van der Waals surface area contributed by atoms with E-state index in [4.69, 9.17) is 44.2 Å². The number of hydrogen-bond acceptors (Lipinski definition) is 16. The average Bonchev–Trinajstić information content (AvgIpc) is 3.49. The molecule has 434 valence electrons. The number of amides is 1. The number of aromatic nitrogens is 4. The summed E-state index contributed by atoms with van der Waals surface area (Å²) in [5.41, 5.74) is 11.0. The molecule has 9 rings (SSSR count).